The molecule has 1 aromatic rings. The van der Waals surface area contributed by atoms with Gasteiger partial charge in [-0.25, -0.2) is 5.48 Å². The number of allylic oxidation sites excluding steroid dienone is 2. The molecule has 0 spiro atoms. The van der Waals surface area contributed by atoms with Gasteiger partial charge in [-0.3, -0.25) is 10.1 Å². The number of hydrogen-bond acceptors (Lipinski definition) is 4. The minimum Gasteiger partial charge on any atom is -0.382 e. The van der Waals surface area contributed by atoms with Crippen molar-refractivity contribution >= 4 is 5.69 Å². The summed E-state index contributed by atoms with van der Waals surface area (Å²) in [5.74, 6) is 0.571. The average Bonchev–Trinajstić information content (AvgIpc) is 2.38. The summed E-state index contributed by atoms with van der Waals surface area (Å²) < 4.78 is 0. The van der Waals surface area contributed by atoms with Gasteiger partial charge in [0.15, 0.2) is 5.75 Å². The Balaban J connectivity index is 1.90. The Kier molecular flexibility index (Phi) is 3.59. The van der Waals surface area contributed by atoms with Gasteiger partial charge in [-0.15, -0.1) is 0 Å². The second kappa shape index (κ2) is 5.34. The van der Waals surface area contributed by atoms with E-state index in [2.05, 4.69) is 11.6 Å². The van der Waals surface area contributed by atoms with Crippen LogP contribution in [0, 0.1) is 10.1 Å². The van der Waals surface area contributed by atoms with Crippen molar-refractivity contribution in [2.45, 2.75) is 25.7 Å². The molecule has 0 fully saturated rings. The molecule has 0 saturated heterocycles. The SMILES string of the molecule is O=[N+]([O-])c1ccc(ONC2=CCCCC2)cc1. The molecule has 0 unspecified atom stereocenters. The Morgan fingerprint density at radius 3 is 2.59 bits per heavy atom. The lowest BCUT2D eigenvalue weighted by Crippen LogP contribution is -2.19. The number of nitrogens with one attached hydrogen (secondary N) is 1. The van der Waals surface area contributed by atoms with Gasteiger partial charge in [0.1, 0.15) is 0 Å². The molecule has 1 aliphatic carbocycles. The lowest BCUT2D eigenvalue weighted by Gasteiger charge is -2.14. The third-order valence-corrected chi connectivity index (χ3v) is 2.64. The first-order valence-electron chi connectivity index (χ1n) is 5.62. The zero-order valence-electron chi connectivity index (χ0n) is 9.39. The Hall–Kier alpha value is -2.04. The van der Waals surface area contributed by atoms with E-state index >= 15 is 0 Å². The van der Waals surface area contributed by atoms with Crippen LogP contribution in [-0.2, 0) is 0 Å². The number of nitrogens with zero attached hydrogens (tertiary/aromatic N) is 1. The molecule has 17 heavy (non-hydrogen) atoms. The number of nitro groups is 1. The van der Waals surface area contributed by atoms with E-state index in [-0.39, 0.29) is 5.69 Å². The van der Waals surface area contributed by atoms with Crippen molar-refractivity contribution in [2.24, 2.45) is 0 Å². The van der Waals surface area contributed by atoms with Crippen molar-refractivity contribution in [2.75, 3.05) is 0 Å². The Morgan fingerprint density at radius 2 is 2.00 bits per heavy atom. The maximum absolute atomic E-state index is 10.5. The molecule has 0 amide bonds. The van der Waals surface area contributed by atoms with E-state index in [9.17, 15) is 10.1 Å². The van der Waals surface area contributed by atoms with E-state index in [1.807, 2.05) is 0 Å². The highest BCUT2D eigenvalue weighted by atomic mass is 16.6. The Morgan fingerprint density at radius 1 is 1.24 bits per heavy atom. The second-order valence-electron chi connectivity index (χ2n) is 3.93. The van der Waals surface area contributed by atoms with Crippen molar-refractivity contribution < 1.29 is 9.76 Å². The van der Waals surface area contributed by atoms with Crippen LogP contribution in [-0.4, -0.2) is 4.92 Å². The third-order valence-electron chi connectivity index (χ3n) is 2.64. The van der Waals surface area contributed by atoms with Gasteiger partial charge in [-0.2, -0.15) is 0 Å². The van der Waals surface area contributed by atoms with Crippen LogP contribution >= 0.6 is 0 Å². The van der Waals surface area contributed by atoms with Crippen LogP contribution in [0.25, 0.3) is 0 Å². The molecule has 0 aliphatic heterocycles. The van der Waals surface area contributed by atoms with Gasteiger partial charge in [0.05, 0.1) is 4.92 Å². The maximum atomic E-state index is 10.5. The van der Waals surface area contributed by atoms with Gasteiger partial charge in [-0.1, -0.05) is 6.08 Å². The summed E-state index contributed by atoms with van der Waals surface area (Å²) in [5, 5.41) is 10.5. The van der Waals surface area contributed by atoms with Gasteiger partial charge < -0.3 is 4.84 Å². The fraction of sp³-hybridized carbons (Fsp3) is 0.333. The normalized spacial score (nSPS) is 14.9. The molecule has 5 nitrogen and oxygen atoms in total. The lowest BCUT2D eigenvalue weighted by molar-refractivity contribution is -0.384. The van der Waals surface area contributed by atoms with Crippen LogP contribution in [0.15, 0.2) is 36.0 Å². The molecule has 2 rings (SSSR count). The summed E-state index contributed by atoms with van der Waals surface area (Å²) in [6.45, 7) is 0. The Labute approximate surface area is 99.2 Å². The van der Waals surface area contributed by atoms with Gasteiger partial charge >= 0.3 is 0 Å². The molecule has 0 radical (unpaired) electrons. The first-order chi connectivity index (χ1) is 8.25. The van der Waals surface area contributed by atoms with Crippen LogP contribution in [0.5, 0.6) is 5.75 Å². The van der Waals surface area contributed by atoms with Crippen LogP contribution in [0.2, 0.25) is 0 Å². The molecule has 0 atom stereocenters. The number of rotatable bonds is 4. The van der Waals surface area contributed by atoms with Crippen molar-refractivity contribution in [3.63, 3.8) is 0 Å². The van der Waals surface area contributed by atoms with E-state index in [1.54, 1.807) is 12.1 Å². The molecule has 90 valence electrons. The predicted molar refractivity (Wildman–Crippen MR) is 63.4 cm³/mol. The maximum Gasteiger partial charge on any atom is 0.269 e. The lowest BCUT2D eigenvalue weighted by atomic mass is 10.1. The van der Waals surface area contributed by atoms with Crippen molar-refractivity contribution in [3.05, 3.63) is 46.2 Å². The minimum atomic E-state index is -0.430. The Bertz CT molecular complexity index is 426. The van der Waals surface area contributed by atoms with Crippen molar-refractivity contribution in [3.8, 4) is 5.75 Å². The van der Waals surface area contributed by atoms with Crippen molar-refractivity contribution in [1.82, 2.24) is 5.48 Å². The zero-order valence-corrected chi connectivity index (χ0v) is 9.39. The summed E-state index contributed by atoms with van der Waals surface area (Å²) >= 11 is 0. The molecular weight excluding hydrogens is 220 g/mol. The zero-order chi connectivity index (χ0) is 12.1. The van der Waals surface area contributed by atoms with E-state index in [0.717, 1.165) is 18.5 Å². The molecule has 1 N–H and O–H groups in total. The smallest absolute Gasteiger partial charge is 0.269 e. The van der Waals surface area contributed by atoms with E-state index in [1.165, 1.54) is 25.0 Å². The molecule has 1 aliphatic rings. The minimum absolute atomic E-state index is 0.0641. The highest BCUT2D eigenvalue weighted by Gasteiger charge is 2.06. The molecule has 0 heterocycles. The summed E-state index contributed by atoms with van der Waals surface area (Å²) in [5.41, 5.74) is 4.02. The first-order valence-corrected chi connectivity index (χ1v) is 5.62. The number of non-ortho nitro benzene ring substituents is 1. The molecule has 0 bridgehead atoms. The summed E-state index contributed by atoms with van der Waals surface area (Å²) in [6.07, 6.45) is 6.58. The standard InChI is InChI=1S/C12H14N2O3/c15-14(16)11-6-8-12(9-7-11)17-13-10-4-2-1-3-5-10/h4,6-9,13H,1-3,5H2. The van der Waals surface area contributed by atoms with Crippen LogP contribution in [0.3, 0.4) is 0 Å². The second-order valence-corrected chi connectivity index (χ2v) is 3.93. The van der Waals surface area contributed by atoms with Gasteiger partial charge in [-0.05, 0) is 37.8 Å². The molecular formula is C12H14N2O3. The molecule has 0 aromatic heterocycles. The highest BCUT2D eigenvalue weighted by molar-refractivity contribution is 5.35. The number of benzene rings is 1. The number of hydrogen-bond donors (Lipinski definition) is 1. The fourth-order valence-electron chi connectivity index (χ4n) is 1.69. The van der Waals surface area contributed by atoms with Crippen LogP contribution < -0.4 is 10.3 Å². The predicted octanol–water partition coefficient (Wildman–Crippen LogP) is 2.94. The summed E-state index contributed by atoms with van der Waals surface area (Å²) in [4.78, 5) is 15.4. The number of nitro benzene ring substituents is 1. The van der Waals surface area contributed by atoms with Gasteiger partial charge in [0.2, 0.25) is 0 Å². The largest absolute Gasteiger partial charge is 0.382 e. The topological polar surface area (TPSA) is 64.4 Å². The quantitative estimate of drug-likeness (QED) is 0.642. The van der Waals surface area contributed by atoms with E-state index in [0.29, 0.717) is 5.75 Å². The van der Waals surface area contributed by atoms with Crippen LogP contribution in [0.4, 0.5) is 5.69 Å². The van der Waals surface area contributed by atoms with E-state index in [4.69, 9.17) is 4.84 Å². The molecule has 0 saturated carbocycles. The van der Waals surface area contributed by atoms with Gasteiger partial charge in [0, 0.05) is 17.8 Å². The fourth-order valence-corrected chi connectivity index (χ4v) is 1.69. The third kappa shape index (κ3) is 3.21. The van der Waals surface area contributed by atoms with Crippen molar-refractivity contribution in [1.29, 1.82) is 0 Å². The number of hydroxylamine groups is 1. The molecule has 5 heteroatoms. The first kappa shape index (κ1) is 11.4. The summed E-state index contributed by atoms with van der Waals surface area (Å²) in [6, 6.07) is 6.00. The van der Waals surface area contributed by atoms with Gasteiger partial charge in [0.25, 0.3) is 5.69 Å². The summed E-state index contributed by atoms with van der Waals surface area (Å²) in [7, 11) is 0. The van der Waals surface area contributed by atoms with E-state index < -0.39 is 4.92 Å². The molecule has 1 aromatic carbocycles. The monoisotopic (exact) mass is 234 g/mol. The van der Waals surface area contributed by atoms with Crippen LogP contribution in [0.1, 0.15) is 25.7 Å². The average molecular weight is 234 g/mol. The highest BCUT2D eigenvalue weighted by Crippen LogP contribution is 2.18.